The number of hydrogen-bond acceptors (Lipinski definition) is 2. The second-order valence-corrected chi connectivity index (χ2v) is 4.44. The highest BCUT2D eigenvalue weighted by Gasteiger charge is 2.30. The maximum atomic E-state index is 5.57. The lowest BCUT2D eigenvalue weighted by Gasteiger charge is -2.15. The van der Waals surface area contributed by atoms with E-state index in [1.807, 2.05) is 6.07 Å². The van der Waals surface area contributed by atoms with Crippen molar-refractivity contribution in [2.45, 2.75) is 13.0 Å². The van der Waals surface area contributed by atoms with Crippen molar-refractivity contribution in [3.63, 3.8) is 0 Å². The van der Waals surface area contributed by atoms with Crippen molar-refractivity contribution >= 4 is 0 Å². The minimum atomic E-state index is 0.341. The van der Waals surface area contributed by atoms with Crippen LogP contribution >= 0.6 is 0 Å². The zero-order valence-electron chi connectivity index (χ0n) is 9.35. The second kappa shape index (κ2) is 3.23. The van der Waals surface area contributed by atoms with Gasteiger partial charge in [-0.25, -0.2) is 0 Å². The molecule has 2 aliphatic rings. The molecule has 17 heavy (non-hydrogen) atoms. The first kappa shape index (κ1) is 9.05. The summed E-state index contributed by atoms with van der Waals surface area (Å²) in [6.45, 7) is 1.26. The van der Waals surface area contributed by atoms with Crippen molar-refractivity contribution in [3.8, 4) is 11.5 Å². The van der Waals surface area contributed by atoms with Crippen LogP contribution in [0.1, 0.15) is 16.8 Å². The number of ether oxygens (including phenoxy) is 2. The number of nitrogens with zero attached hydrogens (tertiary/aromatic N) is 1. The van der Waals surface area contributed by atoms with Crippen LogP contribution in [-0.2, 0) is 13.0 Å². The number of aromatic nitrogens is 1. The lowest BCUT2D eigenvalue weighted by Crippen LogP contribution is -2.42. The van der Waals surface area contributed by atoms with Crippen molar-refractivity contribution in [1.82, 2.24) is 0 Å². The fourth-order valence-electron chi connectivity index (χ4n) is 2.59. The van der Waals surface area contributed by atoms with E-state index in [1.54, 1.807) is 0 Å². The summed E-state index contributed by atoms with van der Waals surface area (Å²) in [6.07, 6.45) is 3.00. The topological polar surface area (TPSA) is 22.3 Å². The second-order valence-electron chi connectivity index (χ2n) is 4.44. The van der Waals surface area contributed by atoms with Gasteiger partial charge >= 0.3 is 0 Å². The Bertz CT molecular complexity index is 607. The van der Waals surface area contributed by atoms with Gasteiger partial charge in [-0.1, -0.05) is 24.3 Å². The van der Waals surface area contributed by atoms with Crippen LogP contribution in [0.3, 0.4) is 0 Å². The van der Waals surface area contributed by atoms with E-state index in [0.717, 1.165) is 24.5 Å². The van der Waals surface area contributed by atoms with E-state index in [-0.39, 0.29) is 0 Å². The summed E-state index contributed by atoms with van der Waals surface area (Å²) in [7, 11) is 0. The molecule has 0 bridgehead atoms. The predicted octanol–water partition coefficient (Wildman–Crippen LogP) is 1.66. The number of pyridine rings is 1. The molecule has 0 unspecified atom stereocenters. The van der Waals surface area contributed by atoms with Crippen LogP contribution in [0.4, 0.5) is 0 Å². The van der Waals surface area contributed by atoms with Crippen LogP contribution in [0.15, 0.2) is 36.5 Å². The standard InChI is InChI=1S/C14H12NO2/c1-2-4-11-8-15-6-5-13-14(17-9-16-13)12(15)7-10(11)3-1/h1-6H,7-9H2/q+1. The molecule has 0 saturated carbocycles. The lowest BCUT2D eigenvalue weighted by atomic mass is 9.98. The molecule has 4 rings (SSSR count). The van der Waals surface area contributed by atoms with Crippen LogP contribution in [0.2, 0.25) is 0 Å². The molecule has 0 N–H and O–H groups in total. The fraction of sp³-hybridized carbons (Fsp3) is 0.214. The quantitative estimate of drug-likeness (QED) is 0.544. The Kier molecular flexibility index (Phi) is 1.72. The van der Waals surface area contributed by atoms with E-state index >= 15 is 0 Å². The minimum absolute atomic E-state index is 0.341. The van der Waals surface area contributed by atoms with Gasteiger partial charge in [-0.05, 0) is 5.56 Å². The van der Waals surface area contributed by atoms with Gasteiger partial charge in [0.25, 0.3) is 0 Å². The highest BCUT2D eigenvalue weighted by Crippen LogP contribution is 2.35. The van der Waals surface area contributed by atoms with E-state index in [2.05, 4.69) is 35.0 Å². The van der Waals surface area contributed by atoms with Gasteiger partial charge in [0.05, 0.1) is 6.42 Å². The Balaban J connectivity index is 1.89. The first-order chi connectivity index (χ1) is 8.42. The van der Waals surface area contributed by atoms with Gasteiger partial charge in [-0.3, -0.25) is 0 Å². The van der Waals surface area contributed by atoms with Crippen LogP contribution in [0.5, 0.6) is 11.5 Å². The van der Waals surface area contributed by atoms with E-state index < -0.39 is 0 Å². The van der Waals surface area contributed by atoms with Crippen molar-refractivity contribution in [1.29, 1.82) is 0 Å². The molecule has 0 spiro atoms. The third kappa shape index (κ3) is 1.25. The zero-order valence-corrected chi connectivity index (χ0v) is 9.35. The van der Waals surface area contributed by atoms with Gasteiger partial charge in [0.1, 0.15) is 0 Å². The highest BCUT2D eigenvalue weighted by atomic mass is 16.7. The van der Waals surface area contributed by atoms with Crippen molar-refractivity contribution in [2.75, 3.05) is 6.79 Å². The molecule has 84 valence electrons. The van der Waals surface area contributed by atoms with E-state index in [4.69, 9.17) is 9.47 Å². The van der Waals surface area contributed by atoms with Gasteiger partial charge in [0.15, 0.2) is 18.5 Å². The highest BCUT2D eigenvalue weighted by molar-refractivity contribution is 5.45. The molecule has 2 aromatic rings. The molecule has 2 aliphatic heterocycles. The van der Waals surface area contributed by atoms with Crippen molar-refractivity contribution in [3.05, 3.63) is 53.3 Å². The van der Waals surface area contributed by atoms with Crippen molar-refractivity contribution < 1.29 is 14.0 Å². The summed E-state index contributed by atoms with van der Waals surface area (Å²) in [6, 6.07) is 10.6. The zero-order chi connectivity index (χ0) is 11.2. The number of fused-ring (bicyclic) bond motifs is 4. The SMILES string of the molecule is c1ccc2c(c1)Cc1c3c(cc[n+]1C2)OCO3. The summed E-state index contributed by atoms with van der Waals surface area (Å²) in [4.78, 5) is 0. The molecular formula is C14H12NO2+. The first-order valence-electron chi connectivity index (χ1n) is 5.79. The molecule has 0 atom stereocenters. The van der Waals surface area contributed by atoms with Crippen molar-refractivity contribution in [2.24, 2.45) is 0 Å². The number of rotatable bonds is 0. The van der Waals surface area contributed by atoms with Crippen LogP contribution in [-0.4, -0.2) is 6.79 Å². The Labute approximate surface area is 99.2 Å². The average Bonchev–Trinajstić information content (AvgIpc) is 2.85. The Morgan fingerprint density at radius 1 is 1.00 bits per heavy atom. The van der Waals surface area contributed by atoms with Crippen LogP contribution < -0.4 is 14.0 Å². The molecule has 0 radical (unpaired) electrons. The first-order valence-corrected chi connectivity index (χ1v) is 5.79. The lowest BCUT2D eigenvalue weighted by molar-refractivity contribution is -0.697. The van der Waals surface area contributed by atoms with Gasteiger partial charge in [0.2, 0.25) is 18.2 Å². The van der Waals surface area contributed by atoms with Gasteiger partial charge in [-0.2, -0.15) is 4.57 Å². The van der Waals surface area contributed by atoms with E-state index in [1.165, 1.54) is 16.8 Å². The Morgan fingerprint density at radius 2 is 1.88 bits per heavy atom. The molecule has 1 aromatic carbocycles. The summed E-state index contributed by atoms with van der Waals surface area (Å²) in [5, 5.41) is 0. The molecular weight excluding hydrogens is 214 g/mol. The third-order valence-corrected chi connectivity index (χ3v) is 3.47. The van der Waals surface area contributed by atoms with Gasteiger partial charge in [-0.15, -0.1) is 0 Å². The summed E-state index contributed by atoms with van der Waals surface area (Å²) in [5.41, 5.74) is 4.00. The van der Waals surface area contributed by atoms with Gasteiger partial charge in [0, 0.05) is 11.6 Å². The molecule has 3 heteroatoms. The van der Waals surface area contributed by atoms with Crippen LogP contribution in [0.25, 0.3) is 0 Å². The van der Waals surface area contributed by atoms with Gasteiger partial charge < -0.3 is 9.47 Å². The van der Waals surface area contributed by atoms with E-state index in [0.29, 0.717) is 6.79 Å². The van der Waals surface area contributed by atoms with Crippen LogP contribution in [0, 0.1) is 0 Å². The molecule has 0 saturated heterocycles. The molecule has 3 nitrogen and oxygen atoms in total. The molecule has 1 aromatic heterocycles. The number of hydrogen-bond donors (Lipinski definition) is 0. The summed E-state index contributed by atoms with van der Waals surface area (Å²) < 4.78 is 13.2. The number of benzene rings is 1. The summed E-state index contributed by atoms with van der Waals surface area (Å²) >= 11 is 0. The Hall–Kier alpha value is -2.03. The molecule has 3 heterocycles. The fourth-order valence-corrected chi connectivity index (χ4v) is 2.59. The third-order valence-electron chi connectivity index (χ3n) is 3.47. The maximum Gasteiger partial charge on any atom is 0.232 e. The summed E-state index contributed by atoms with van der Waals surface area (Å²) in [5.74, 6) is 1.79. The maximum absolute atomic E-state index is 5.57. The minimum Gasteiger partial charge on any atom is -0.453 e. The smallest absolute Gasteiger partial charge is 0.232 e. The normalized spacial score (nSPS) is 15.3. The monoisotopic (exact) mass is 226 g/mol. The predicted molar refractivity (Wildman–Crippen MR) is 61.1 cm³/mol. The largest absolute Gasteiger partial charge is 0.453 e. The Morgan fingerprint density at radius 3 is 2.82 bits per heavy atom. The molecule has 0 fully saturated rings. The van der Waals surface area contributed by atoms with E-state index in [9.17, 15) is 0 Å². The average molecular weight is 226 g/mol. The molecule has 0 amide bonds. The molecule has 0 aliphatic carbocycles.